The van der Waals surface area contributed by atoms with Crippen molar-refractivity contribution in [3.63, 3.8) is 0 Å². The lowest BCUT2D eigenvalue weighted by Gasteiger charge is -2.27. The van der Waals surface area contributed by atoms with E-state index >= 15 is 0 Å². The van der Waals surface area contributed by atoms with Crippen LogP contribution in [0.25, 0.3) is 5.57 Å². The lowest BCUT2D eigenvalue weighted by molar-refractivity contribution is -0.0274. The first kappa shape index (κ1) is 20.6. The summed E-state index contributed by atoms with van der Waals surface area (Å²) in [4.78, 5) is 0. The van der Waals surface area contributed by atoms with Crippen LogP contribution in [0.2, 0.25) is 0 Å². The van der Waals surface area contributed by atoms with Gasteiger partial charge in [0.1, 0.15) is 18.1 Å². The average Bonchev–Trinajstić information content (AvgIpc) is 2.72. The van der Waals surface area contributed by atoms with Gasteiger partial charge < -0.3 is 14.2 Å². The Morgan fingerprint density at radius 1 is 1.14 bits per heavy atom. The van der Waals surface area contributed by atoms with Crippen molar-refractivity contribution in [2.75, 3.05) is 19.8 Å². The van der Waals surface area contributed by atoms with Gasteiger partial charge in [-0.15, -0.1) is 6.58 Å². The molecule has 0 radical (unpaired) electrons. The minimum absolute atomic E-state index is 0.0746. The Labute approximate surface area is 165 Å². The number of rotatable bonds is 7. The molecule has 3 unspecified atom stereocenters. The summed E-state index contributed by atoms with van der Waals surface area (Å²) >= 11 is 0. The van der Waals surface area contributed by atoms with E-state index in [1.54, 1.807) is 31.2 Å². The van der Waals surface area contributed by atoms with Gasteiger partial charge in [-0.05, 0) is 43.4 Å². The number of hydrogen-bond acceptors (Lipinski definition) is 3. The molecule has 152 valence electrons. The maximum absolute atomic E-state index is 14.6. The first-order valence-corrected chi connectivity index (χ1v) is 9.92. The van der Waals surface area contributed by atoms with E-state index in [1.165, 1.54) is 0 Å². The summed E-state index contributed by atoms with van der Waals surface area (Å²) < 4.78 is 45.7. The maximum Gasteiger partial charge on any atom is 0.196 e. The van der Waals surface area contributed by atoms with Gasteiger partial charge in [-0.1, -0.05) is 25.1 Å². The molecular weight excluding hydrogens is 362 g/mol. The van der Waals surface area contributed by atoms with Crippen molar-refractivity contribution in [1.82, 2.24) is 0 Å². The Kier molecular flexibility index (Phi) is 6.89. The molecule has 1 fully saturated rings. The molecular formula is C23H28F2O3. The minimum Gasteiger partial charge on any atom is -0.495 e. The summed E-state index contributed by atoms with van der Waals surface area (Å²) in [6.07, 6.45) is 4.37. The van der Waals surface area contributed by atoms with Gasteiger partial charge in [0.15, 0.2) is 11.7 Å². The summed E-state index contributed by atoms with van der Waals surface area (Å²) in [5, 5.41) is 0. The normalized spacial score (nSPS) is 25.6. The van der Waals surface area contributed by atoms with Crippen LogP contribution in [0.4, 0.5) is 8.78 Å². The molecule has 2 aliphatic rings. The van der Waals surface area contributed by atoms with Crippen LogP contribution in [0.5, 0.6) is 5.75 Å². The van der Waals surface area contributed by atoms with Gasteiger partial charge in [-0.3, -0.25) is 0 Å². The standard InChI is InChI=1S/C23H28F2O3/c1-4-16-6-9-19(27-13-16)14-28-18-10-7-17(8-11-18)21-15(3)12-20(26-5-2)22(24)23(21)25/h4,7-8,10-11,15-16,19H,1,5-6,9,12-14H2,2-3H3. The third kappa shape index (κ3) is 4.64. The number of hydrogen-bond donors (Lipinski definition) is 0. The molecule has 0 amide bonds. The van der Waals surface area contributed by atoms with E-state index in [0.717, 1.165) is 12.8 Å². The van der Waals surface area contributed by atoms with E-state index in [2.05, 4.69) is 6.58 Å². The van der Waals surface area contributed by atoms with E-state index in [9.17, 15) is 8.78 Å². The van der Waals surface area contributed by atoms with E-state index in [1.807, 2.05) is 13.0 Å². The lowest BCUT2D eigenvalue weighted by atomic mass is 9.86. The van der Waals surface area contributed by atoms with Crippen LogP contribution in [0.3, 0.4) is 0 Å². The molecule has 0 spiro atoms. The first-order chi connectivity index (χ1) is 13.5. The summed E-state index contributed by atoms with van der Waals surface area (Å²) in [6.45, 7) is 8.93. The molecule has 0 bridgehead atoms. The predicted octanol–water partition coefficient (Wildman–Crippen LogP) is 5.98. The average molecular weight is 390 g/mol. The highest BCUT2D eigenvalue weighted by atomic mass is 19.2. The van der Waals surface area contributed by atoms with Crippen LogP contribution in [-0.2, 0) is 9.47 Å². The Balaban J connectivity index is 1.65. The van der Waals surface area contributed by atoms with Crippen LogP contribution in [-0.4, -0.2) is 25.9 Å². The Morgan fingerprint density at radius 3 is 2.50 bits per heavy atom. The van der Waals surface area contributed by atoms with Crippen molar-refractivity contribution in [2.24, 2.45) is 11.8 Å². The zero-order chi connectivity index (χ0) is 20.1. The number of allylic oxidation sites excluding steroid dienone is 4. The van der Waals surface area contributed by atoms with Crippen LogP contribution in [0.1, 0.15) is 38.7 Å². The number of halogens is 2. The Bertz CT molecular complexity index is 744. The van der Waals surface area contributed by atoms with Gasteiger partial charge in [0.2, 0.25) is 0 Å². The van der Waals surface area contributed by atoms with Crippen LogP contribution in [0.15, 0.2) is 54.3 Å². The lowest BCUT2D eigenvalue weighted by Crippen LogP contribution is -2.29. The van der Waals surface area contributed by atoms with Crippen LogP contribution < -0.4 is 4.74 Å². The summed E-state index contributed by atoms with van der Waals surface area (Å²) in [7, 11) is 0. The highest BCUT2D eigenvalue weighted by molar-refractivity contribution is 5.73. The molecule has 1 aliphatic heterocycles. The molecule has 1 aromatic carbocycles. The van der Waals surface area contributed by atoms with Gasteiger partial charge in [-0.25, -0.2) is 8.78 Å². The topological polar surface area (TPSA) is 27.7 Å². The molecule has 0 N–H and O–H groups in total. The fraction of sp³-hybridized carbons (Fsp3) is 0.478. The molecule has 1 saturated heterocycles. The van der Waals surface area contributed by atoms with E-state index in [0.29, 0.717) is 49.0 Å². The van der Waals surface area contributed by atoms with Crippen molar-refractivity contribution in [2.45, 2.75) is 39.2 Å². The third-order valence-electron chi connectivity index (χ3n) is 5.32. The molecule has 3 atom stereocenters. The summed E-state index contributed by atoms with van der Waals surface area (Å²) in [6, 6.07) is 7.12. The summed E-state index contributed by atoms with van der Waals surface area (Å²) in [5.41, 5.74) is 1.03. The van der Waals surface area contributed by atoms with Crippen LogP contribution in [0, 0.1) is 11.8 Å². The molecule has 0 saturated carbocycles. The van der Waals surface area contributed by atoms with Crippen molar-refractivity contribution in [3.8, 4) is 5.75 Å². The first-order valence-electron chi connectivity index (χ1n) is 9.92. The van der Waals surface area contributed by atoms with Gasteiger partial charge >= 0.3 is 0 Å². The van der Waals surface area contributed by atoms with Crippen molar-refractivity contribution < 1.29 is 23.0 Å². The SMILES string of the molecule is C=CC1CCC(COc2ccc(C3=C(F)C(F)=C(OCC)CC3C)cc2)OC1. The second-order valence-corrected chi connectivity index (χ2v) is 7.37. The monoisotopic (exact) mass is 390 g/mol. The number of benzene rings is 1. The Morgan fingerprint density at radius 2 is 1.89 bits per heavy atom. The minimum atomic E-state index is -0.887. The van der Waals surface area contributed by atoms with E-state index in [4.69, 9.17) is 14.2 Å². The highest BCUT2D eigenvalue weighted by Gasteiger charge is 2.29. The van der Waals surface area contributed by atoms with Crippen molar-refractivity contribution in [3.05, 3.63) is 59.9 Å². The fourth-order valence-corrected chi connectivity index (χ4v) is 3.70. The molecule has 28 heavy (non-hydrogen) atoms. The molecule has 1 heterocycles. The molecule has 3 nitrogen and oxygen atoms in total. The molecule has 0 aromatic heterocycles. The van der Waals surface area contributed by atoms with Crippen LogP contribution >= 0.6 is 0 Å². The maximum atomic E-state index is 14.6. The second-order valence-electron chi connectivity index (χ2n) is 7.37. The zero-order valence-corrected chi connectivity index (χ0v) is 16.5. The summed E-state index contributed by atoms with van der Waals surface area (Å²) in [5.74, 6) is -0.669. The Hall–Kier alpha value is -2.14. The zero-order valence-electron chi connectivity index (χ0n) is 16.5. The molecule has 1 aromatic rings. The van der Waals surface area contributed by atoms with Gasteiger partial charge in [0.05, 0.1) is 19.3 Å². The van der Waals surface area contributed by atoms with Crippen molar-refractivity contribution in [1.29, 1.82) is 0 Å². The predicted molar refractivity (Wildman–Crippen MR) is 106 cm³/mol. The van der Waals surface area contributed by atoms with Crippen molar-refractivity contribution >= 4 is 5.57 Å². The fourth-order valence-electron chi connectivity index (χ4n) is 3.70. The quantitative estimate of drug-likeness (QED) is 0.536. The second kappa shape index (κ2) is 9.37. The van der Waals surface area contributed by atoms with Gasteiger partial charge in [-0.2, -0.15) is 0 Å². The highest BCUT2D eigenvalue weighted by Crippen LogP contribution is 2.41. The third-order valence-corrected chi connectivity index (χ3v) is 5.32. The number of ether oxygens (including phenoxy) is 3. The van der Waals surface area contributed by atoms with Gasteiger partial charge in [0.25, 0.3) is 0 Å². The van der Waals surface area contributed by atoms with E-state index < -0.39 is 11.7 Å². The smallest absolute Gasteiger partial charge is 0.196 e. The van der Waals surface area contributed by atoms with E-state index in [-0.39, 0.29) is 17.8 Å². The van der Waals surface area contributed by atoms with Gasteiger partial charge in [0, 0.05) is 17.9 Å². The largest absolute Gasteiger partial charge is 0.495 e. The molecule has 5 heteroatoms. The molecule has 1 aliphatic carbocycles. The molecule has 3 rings (SSSR count).